The number of hydrogen-bond acceptors (Lipinski definition) is 4. The summed E-state index contributed by atoms with van der Waals surface area (Å²) < 4.78 is 0. The highest BCUT2D eigenvalue weighted by molar-refractivity contribution is 5.35. The number of aromatic nitrogens is 2. The second-order valence-corrected chi connectivity index (χ2v) is 5.68. The van der Waals surface area contributed by atoms with Crippen molar-refractivity contribution < 1.29 is 0 Å². The van der Waals surface area contributed by atoms with Gasteiger partial charge in [-0.15, -0.1) is 0 Å². The number of piperidine rings is 1. The number of likely N-dealkylation sites (tertiary alicyclic amines) is 1. The lowest BCUT2D eigenvalue weighted by Crippen LogP contribution is -2.40. The van der Waals surface area contributed by atoms with Crippen LogP contribution in [0.1, 0.15) is 25.7 Å². The lowest BCUT2D eigenvalue weighted by Gasteiger charge is -2.33. The molecule has 0 aromatic carbocycles. The topological polar surface area (TPSA) is 52.2 Å². The third-order valence-electron chi connectivity index (χ3n) is 4.32. The fraction of sp³-hybridized carbons (Fsp3) is 0.714. The van der Waals surface area contributed by atoms with Crippen molar-refractivity contribution in [2.45, 2.75) is 25.7 Å². The fourth-order valence-corrected chi connectivity index (χ4v) is 3.23. The van der Waals surface area contributed by atoms with Crippen LogP contribution in [0.15, 0.2) is 17.2 Å². The summed E-state index contributed by atoms with van der Waals surface area (Å²) in [7, 11) is 0. The number of anilines is 1. The Kier molecular flexibility index (Phi) is 3.82. The van der Waals surface area contributed by atoms with E-state index in [1.165, 1.54) is 45.3 Å². The summed E-state index contributed by atoms with van der Waals surface area (Å²) in [6.45, 7) is 5.71. The van der Waals surface area contributed by atoms with Gasteiger partial charge in [-0.2, -0.15) is 0 Å². The Balaban J connectivity index is 1.54. The molecule has 0 radical (unpaired) electrons. The summed E-state index contributed by atoms with van der Waals surface area (Å²) in [4.78, 5) is 23.3. The first kappa shape index (κ1) is 12.7. The molecule has 2 aliphatic heterocycles. The molecule has 5 heteroatoms. The van der Waals surface area contributed by atoms with Crippen molar-refractivity contribution >= 4 is 5.82 Å². The predicted octanol–water partition coefficient (Wildman–Crippen LogP) is 1.08. The molecule has 1 N–H and O–H groups in total. The van der Waals surface area contributed by atoms with Crippen LogP contribution in [-0.2, 0) is 0 Å². The second-order valence-electron chi connectivity index (χ2n) is 5.68. The molecule has 104 valence electrons. The maximum atomic E-state index is 11.7. The molecule has 3 rings (SSSR count). The lowest BCUT2D eigenvalue weighted by atomic mass is 9.96. The van der Waals surface area contributed by atoms with E-state index in [2.05, 4.69) is 19.8 Å². The first-order valence-electron chi connectivity index (χ1n) is 7.34. The van der Waals surface area contributed by atoms with Crippen molar-refractivity contribution in [3.05, 3.63) is 22.7 Å². The number of aromatic amines is 1. The maximum Gasteiger partial charge on any atom is 0.290 e. The molecule has 19 heavy (non-hydrogen) atoms. The molecular weight excluding hydrogens is 240 g/mol. The van der Waals surface area contributed by atoms with Gasteiger partial charge in [0.15, 0.2) is 5.82 Å². The van der Waals surface area contributed by atoms with Gasteiger partial charge in [0.25, 0.3) is 5.56 Å². The van der Waals surface area contributed by atoms with E-state index in [9.17, 15) is 4.79 Å². The Morgan fingerprint density at radius 1 is 1.21 bits per heavy atom. The minimum atomic E-state index is -0.0690. The van der Waals surface area contributed by atoms with Gasteiger partial charge in [0.1, 0.15) is 0 Å². The van der Waals surface area contributed by atoms with Gasteiger partial charge >= 0.3 is 0 Å². The summed E-state index contributed by atoms with van der Waals surface area (Å²) >= 11 is 0. The normalized spacial score (nSPS) is 22.0. The average molecular weight is 262 g/mol. The number of hydrogen-bond donors (Lipinski definition) is 1. The summed E-state index contributed by atoms with van der Waals surface area (Å²) in [5.74, 6) is 1.37. The quantitative estimate of drug-likeness (QED) is 0.885. The lowest BCUT2D eigenvalue weighted by molar-refractivity contribution is 0.249. The van der Waals surface area contributed by atoms with Gasteiger partial charge in [-0.25, -0.2) is 4.98 Å². The van der Waals surface area contributed by atoms with Gasteiger partial charge in [0, 0.05) is 32.0 Å². The van der Waals surface area contributed by atoms with E-state index in [1.807, 2.05) is 0 Å². The minimum Gasteiger partial charge on any atom is -0.352 e. The standard InChI is InChI=1S/C14H22N4O/c19-14-13(15-5-6-16-14)18-9-3-12(4-10-18)11-17-7-1-2-8-17/h5-6,12H,1-4,7-11H2,(H,16,19). The molecule has 1 aromatic heterocycles. The summed E-state index contributed by atoms with van der Waals surface area (Å²) in [6, 6.07) is 0. The van der Waals surface area contributed by atoms with E-state index < -0.39 is 0 Å². The molecule has 2 fully saturated rings. The summed E-state index contributed by atoms with van der Waals surface area (Å²) in [6.07, 6.45) is 8.32. The Bertz CT molecular complexity index is 459. The zero-order chi connectivity index (χ0) is 13.1. The van der Waals surface area contributed by atoms with E-state index in [1.54, 1.807) is 12.4 Å². The highest BCUT2D eigenvalue weighted by Crippen LogP contribution is 2.22. The predicted molar refractivity (Wildman–Crippen MR) is 75.5 cm³/mol. The third kappa shape index (κ3) is 2.97. The van der Waals surface area contributed by atoms with Crippen LogP contribution in [0.4, 0.5) is 5.82 Å². The monoisotopic (exact) mass is 262 g/mol. The molecule has 0 atom stereocenters. The van der Waals surface area contributed by atoms with E-state index in [-0.39, 0.29) is 5.56 Å². The molecule has 2 saturated heterocycles. The zero-order valence-corrected chi connectivity index (χ0v) is 11.3. The zero-order valence-electron chi connectivity index (χ0n) is 11.3. The largest absolute Gasteiger partial charge is 0.352 e. The Labute approximate surface area is 113 Å². The van der Waals surface area contributed by atoms with Crippen LogP contribution in [0, 0.1) is 5.92 Å². The second kappa shape index (κ2) is 5.74. The van der Waals surface area contributed by atoms with Crippen molar-refractivity contribution in [3.63, 3.8) is 0 Å². The molecule has 0 spiro atoms. The van der Waals surface area contributed by atoms with Crippen molar-refractivity contribution in [2.24, 2.45) is 5.92 Å². The van der Waals surface area contributed by atoms with Crippen LogP contribution in [-0.4, -0.2) is 47.6 Å². The third-order valence-corrected chi connectivity index (χ3v) is 4.32. The van der Waals surface area contributed by atoms with Crippen LogP contribution in [0.3, 0.4) is 0 Å². The van der Waals surface area contributed by atoms with Crippen molar-refractivity contribution in [1.29, 1.82) is 0 Å². The van der Waals surface area contributed by atoms with Gasteiger partial charge in [-0.1, -0.05) is 0 Å². The van der Waals surface area contributed by atoms with E-state index >= 15 is 0 Å². The molecular formula is C14H22N4O. The van der Waals surface area contributed by atoms with Gasteiger partial charge in [0.05, 0.1) is 0 Å². The van der Waals surface area contributed by atoms with Crippen LogP contribution >= 0.6 is 0 Å². The van der Waals surface area contributed by atoms with Crippen LogP contribution < -0.4 is 10.5 Å². The number of rotatable bonds is 3. The summed E-state index contributed by atoms with van der Waals surface area (Å²) in [5.41, 5.74) is -0.0690. The average Bonchev–Trinajstić information content (AvgIpc) is 2.93. The van der Waals surface area contributed by atoms with Gasteiger partial charge < -0.3 is 14.8 Å². The van der Waals surface area contributed by atoms with Gasteiger partial charge in [0.2, 0.25) is 0 Å². The molecule has 0 amide bonds. The SMILES string of the molecule is O=c1[nH]ccnc1N1CCC(CN2CCCC2)CC1. The van der Waals surface area contributed by atoms with Crippen molar-refractivity contribution in [1.82, 2.24) is 14.9 Å². The smallest absolute Gasteiger partial charge is 0.290 e. The van der Waals surface area contributed by atoms with E-state index in [0.29, 0.717) is 5.82 Å². The Morgan fingerprint density at radius 3 is 2.63 bits per heavy atom. The number of H-pyrrole nitrogens is 1. The molecule has 1 aromatic rings. The highest BCUT2D eigenvalue weighted by atomic mass is 16.1. The maximum absolute atomic E-state index is 11.7. The highest BCUT2D eigenvalue weighted by Gasteiger charge is 2.24. The van der Waals surface area contributed by atoms with Crippen LogP contribution in [0.5, 0.6) is 0 Å². The molecule has 3 heterocycles. The van der Waals surface area contributed by atoms with E-state index in [0.717, 1.165) is 19.0 Å². The first-order valence-corrected chi connectivity index (χ1v) is 7.34. The molecule has 0 saturated carbocycles. The van der Waals surface area contributed by atoms with Crippen LogP contribution in [0.2, 0.25) is 0 Å². The number of nitrogens with zero attached hydrogens (tertiary/aromatic N) is 3. The molecule has 2 aliphatic rings. The first-order chi connectivity index (χ1) is 9.33. The van der Waals surface area contributed by atoms with Gasteiger partial charge in [-0.3, -0.25) is 4.79 Å². The number of nitrogens with one attached hydrogen (secondary N) is 1. The minimum absolute atomic E-state index is 0.0690. The van der Waals surface area contributed by atoms with Crippen LogP contribution in [0.25, 0.3) is 0 Å². The fourth-order valence-electron chi connectivity index (χ4n) is 3.23. The molecule has 0 bridgehead atoms. The summed E-state index contributed by atoms with van der Waals surface area (Å²) in [5, 5.41) is 0. The molecule has 5 nitrogen and oxygen atoms in total. The van der Waals surface area contributed by atoms with Crippen molar-refractivity contribution in [3.8, 4) is 0 Å². The van der Waals surface area contributed by atoms with Crippen molar-refractivity contribution in [2.75, 3.05) is 37.6 Å². The Hall–Kier alpha value is -1.36. The molecule has 0 aliphatic carbocycles. The molecule has 0 unspecified atom stereocenters. The van der Waals surface area contributed by atoms with E-state index in [4.69, 9.17) is 0 Å². The van der Waals surface area contributed by atoms with Gasteiger partial charge in [-0.05, 0) is 44.7 Å². The Morgan fingerprint density at radius 2 is 1.95 bits per heavy atom.